The fraction of sp³-hybridized carbons (Fsp3) is 0.174. The number of nitrogens with zero attached hydrogens (tertiary/aromatic N) is 1. The van der Waals surface area contributed by atoms with Crippen LogP contribution in [0.5, 0.6) is 0 Å². The normalized spacial score (nSPS) is 18.6. The molecule has 0 unspecified atom stereocenters. The molecule has 0 radical (unpaired) electrons. The Morgan fingerprint density at radius 3 is 2.21 bits per heavy atom. The van der Waals surface area contributed by atoms with Gasteiger partial charge in [-0.05, 0) is 53.4 Å². The van der Waals surface area contributed by atoms with E-state index in [0.29, 0.717) is 6.42 Å². The van der Waals surface area contributed by atoms with E-state index in [0.717, 1.165) is 34.0 Å². The van der Waals surface area contributed by atoms with Crippen LogP contribution in [0, 0.1) is 11.6 Å². The Hall–Kier alpha value is -2.72. The molecule has 1 aliphatic rings. The summed E-state index contributed by atoms with van der Waals surface area (Å²) in [5.74, 6) is 0.195. The van der Waals surface area contributed by atoms with E-state index in [4.69, 9.17) is 16.6 Å². The van der Waals surface area contributed by atoms with Gasteiger partial charge in [-0.25, -0.2) is 8.78 Å². The van der Waals surface area contributed by atoms with E-state index in [1.165, 1.54) is 24.3 Å². The van der Waals surface area contributed by atoms with Gasteiger partial charge in [0.05, 0.1) is 11.9 Å². The van der Waals surface area contributed by atoms with E-state index in [1.807, 2.05) is 36.4 Å². The summed E-state index contributed by atoms with van der Waals surface area (Å²) in [4.78, 5) is 4.80. The van der Waals surface area contributed by atoms with Gasteiger partial charge >= 0.3 is 0 Å². The molecule has 4 rings (SSSR count). The van der Waals surface area contributed by atoms with Crippen molar-refractivity contribution in [2.75, 3.05) is 0 Å². The summed E-state index contributed by atoms with van der Waals surface area (Å²) < 4.78 is 27.6. The summed E-state index contributed by atoms with van der Waals surface area (Å²) >= 11 is 6.25. The maximum atomic E-state index is 13.8. The lowest BCUT2D eigenvalue weighted by atomic mass is 9.95. The summed E-state index contributed by atoms with van der Waals surface area (Å²) in [5, 5.41) is 4.14. The topological polar surface area (TPSA) is 24.4 Å². The number of hydrogen-bond acceptors (Lipinski definition) is 2. The molecule has 1 aliphatic heterocycles. The molecule has 1 heterocycles. The van der Waals surface area contributed by atoms with E-state index >= 15 is 0 Å². The largest absolute Gasteiger partial charge is 0.364 e. The zero-order chi connectivity index (χ0) is 19.5. The van der Waals surface area contributed by atoms with E-state index in [9.17, 15) is 8.78 Å². The predicted molar refractivity (Wildman–Crippen MR) is 109 cm³/mol. The second kappa shape index (κ2) is 8.11. The Bertz CT molecular complexity index is 1020. The van der Waals surface area contributed by atoms with Crippen LogP contribution in [0.2, 0.25) is 5.02 Å². The molecule has 0 saturated heterocycles. The number of hydrogen-bond donors (Lipinski definition) is 1. The second-order valence-corrected chi connectivity index (χ2v) is 7.25. The molecule has 0 bridgehead atoms. The molecule has 2 nitrogen and oxygen atoms in total. The molecule has 0 amide bonds. The van der Waals surface area contributed by atoms with Crippen LogP contribution in [0.3, 0.4) is 0 Å². The molecule has 1 N–H and O–H groups in total. The Morgan fingerprint density at radius 2 is 1.50 bits per heavy atom. The zero-order valence-corrected chi connectivity index (χ0v) is 15.8. The second-order valence-electron chi connectivity index (χ2n) is 6.84. The lowest BCUT2D eigenvalue weighted by molar-refractivity contribution is 0.555. The first-order valence-corrected chi connectivity index (χ1v) is 9.55. The molecule has 28 heavy (non-hydrogen) atoms. The minimum absolute atomic E-state index is 0.251. The molecule has 0 fully saturated rings. The maximum Gasteiger partial charge on any atom is 0.123 e. The van der Waals surface area contributed by atoms with Crippen LogP contribution in [0.1, 0.15) is 35.2 Å². The quantitative estimate of drug-likeness (QED) is 0.559. The Kier molecular flexibility index (Phi) is 5.40. The van der Waals surface area contributed by atoms with Crippen LogP contribution >= 0.6 is 11.6 Å². The minimum Gasteiger partial charge on any atom is -0.364 e. The van der Waals surface area contributed by atoms with Crippen LogP contribution in [0.15, 0.2) is 77.8 Å². The van der Waals surface area contributed by atoms with Gasteiger partial charge in [0.15, 0.2) is 0 Å². The highest BCUT2D eigenvalue weighted by Gasteiger charge is 2.31. The molecule has 3 aromatic rings. The molecule has 0 aliphatic carbocycles. The summed E-state index contributed by atoms with van der Waals surface area (Å²) in [6.45, 7) is 0. The van der Waals surface area contributed by atoms with E-state index in [-0.39, 0.29) is 23.7 Å². The van der Waals surface area contributed by atoms with Crippen LogP contribution in [0.25, 0.3) is 0 Å². The Morgan fingerprint density at radius 1 is 0.821 bits per heavy atom. The van der Waals surface area contributed by atoms with Crippen molar-refractivity contribution >= 4 is 17.4 Å². The predicted octanol–water partition coefficient (Wildman–Crippen LogP) is 6.04. The van der Waals surface area contributed by atoms with Gasteiger partial charge in [-0.1, -0.05) is 54.1 Å². The SMILES string of the molecule is Fc1cccc([C@H]2NC(CCc3ccccc3Cl)=N[C@H]2c2cccc(F)c2)c1. The van der Waals surface area contributed by atoms with Crippen molar-refractivity contribution in [1.29, 1.82) is 0 Å². The molecule has 5 heteroatoms. The van der Waals surface area contributed by atoms with Crippen LogP contribution < -0.4 is 5.32 Å². The van der Waals surface area contributed by atoms with Gasteiger partial charge in [0, 0.05) is 11.4 Å². The average molecular weight is 397 g/mol. The number of amidine groups is 1. The number of rotatable bonds is 5. The van der Waals surface area contributed by atoms with Crippen molar-refractivity contribution in [3.05, 3.63) is 106 Å². The summed E-state index contributed by atoms with van der Waals surface area (Å²) in [5.41, 5.74) is 2.59. The van der Waals surface area contributed by atoms with Crippen LogP contribution in [0.4, 0.5) is 8.78 Å². The van der Waals surface area contributed by atoms with Gasteiger partial charge < -0.3 is 5.32 Å². The Labute approximate surface area is 167 Å². The third kappa shape index (κ3) is 4.07. The molecule has 142 valence electrons. The van der Waals surface area contributed by atoms with Gasteiger partial charge in [-0.15, -0.1) is 0 Å². The fourth-order valence-electron chi connectivity index (χ4n) is 3.55. The van der Waals surface area contributed by atoms with Crippen molar-refractivity contribution in [1.82, 2.24) is 5.32 Å². The van der Waals surface area contributed by atoms with Gasteiger partial charge in [-0.2, -0.15) is 0 Å². The third-order valence-electron chi connectivity index (χ3n) is 4.92. The molecular formula is C23H19ClF2N2. The molecule has 0 saturated carbocycles. The van der Waals surface area contributed by atoms with Crippen molar-refractivity contribution in [3.8, 4) is 0 Å². The third-order valence-corrected chi connectivity index (χ3v) is 5.29. The van der Waals surface area contributed by atoms with Crippen molar-refractivity contribution in [3.63, 3.8) is 0 Å². The highest BCUT2D eigenvalue weighted by molar-refractivity contribution is 6.31. The van der Waals surface area contributed by atoms with E-state index < -0.39 is 0 Å². The first-order chi connectivity index (χ1) is 13.6. The van der Waals surface area contributed by atoms with Crippen molar-refractivity contribution < 1.29 is 8.78 Å². The van der Waals surface area contributed by atoms with E-state index in [2.05, 4.69) is 5.32 Å². The molecule has 0 aromatic heterocycles. The Balaban J connectivity index is 1.61. The highest BCUT2D eigenvalue weighted by Crippen LogP contribution is 2.37. The molecule has 0 spiro atoms. The molecule has 3 aromatic carbocycles. The molecule has 2 atom stereocenters. The van der Waals surface area contributed by atoms with E-state index in [1.54, 1.807) is 12.1 Å². The highest BCUT2D eigenvalue weighted by atomic mass is 35.5. The lowest BCUT2D eigenvalue weighted by Crippen LogP contribution is -2.25. The zero-order valence-electron chi connectivity index (χ0n) is 15.1. The summed E-state index contributed by atoms with van der Waals surface area (Å²) in [6.07, 6.45) is 1.40. The van der Waals surface area contributed by atoms with Gasteiger partial charge in [0.1, 0.15) is 17.7 Å². The number of benzene rings is 3. The number of halogens is 3. The molecular weight excluding hydrogens is 378 g/mol. The maximum absolute atomic E-state index is 13.8. The summed E-state index contributed by atoms with van der Waals surface area (Å²) in [6, 6.07) is 20.0. The monoisotopic (exact) mass is 396 g/mol. The summed E-state index contributed by atoms with van der Waals surface area (Å²) in [7, 11) is 0. The number of nitrogens with one attached hydrogen (secondary N) is 1. The van der Waals surface area contributed by atoms with Gasteiger partial charge in [-0.3, -0.25) is 4.99 Å². The number of aliphatic imine (C=N–C) groups is 1. The van der Waals surface area contributed by atoms with Gasteiger partial charge in [0.2, 0.25) is 0 Å². The standard InChI is InChI=1S/C23H19ClF2N2/c24-20-10-2-1-5-15(20)11-12-21-27-22(16-6-3-8-18(25)13-16)23(28-21)17-7-4-9-19(26)14-17/h1-10,13-14,22-23H,11-12H2,(H,27,28)/t22-,23+. The van der Waals surface area contributed by atoms with Crippen molar-refractivity contribution in [2.24, 2.45) is 4.99 Å². The first-order valence-electron chi connectivity index (χ1n) is 9.18. The fourth-order valence-corrected chi connectivity index (χ4v) is 3.78. The van der Waals surface area contributed by atoms with Crippen LogP contribution in [-0.2, 0) is 6.42 Å². The van der Waals surface area contributed by atoms with Crippen LogP contribution in [-0.4, -0.2) is 5.84 Å². The number of aryl methyl sites for hydroxylation is 1. The lowest BCUT2D eigenvalue weighted by Gasteiger charge is -2.20. The van der Waals surface area contributed by atoms with Gasteiger partial charge in [0.25, 0.3) is 0 Å². The van der Waals surface area contributed by atoms with Crippen molar-refractivity contribution in [2.45, 2.75) is 24.9 Å². The minimum atomic E-state index is -0.321. The first kappa shape index (κ1) is 18.6. The smallest absolute Gasteiger partial charge is 0.123 e. The average Bonchev–Trinajstić information content (AvgIpc) is 3.12.